The lowest BCUT2D eigenvalue weighted by atomic mass is 9.79. The minimum atomic E-state index is -3.64. The monoisotopic (exact) mass is 451 g/mol. The van der Waals surface area contributed by atoms with Gasteiger partial charge in [-0.25, -0.2) is 13.2 Å². The number of aliphatic hydroxyl groups excluding tert-OH is 1. The van der Waals surface area contributed by atoms with Crippen LogP contribution < -0.4 is 5.32 Å². The SMILES string of the molecule is O=C(N[C@@H]1Cc2ccccc2[C@@H](CS(=O)(=O)c2ccccc2)[C@H]1O)OCc1ccccc1. The lowest BCUT2D eigenvalue weighted by molar-refractivity contribution is 0.0830. The normalized spacial score (nSPS) is 20.2. The smallest absolute Gasteiger partial charge is 0.407 e. The van der Waals surface area contributed by atoms with E-state index >= 15 is 0 Å². The van der Waals surface area contributed by atoms with Crippen LogP contribution in [0.5, 0.6) is 0 Å². The van der Waals surface area contributed by atoms with Gasteiger partial charge in [0, 0.05) is 5.92 Å². The number of fused-ring (bicyclic) bond motifs is 1. The van der Waals surface area contributed by atoms with Gasteiger partial charge in [0.1, 0.15) is 6.61 Å². The lowest BCUT2D eigenvalue weighted by Crippen LogP contribution is -2.51. The number of rotatable bonds is 6. The summed E-state index contributed by atoms with van der Waals surface area (Å²) in [5.74, 6) is -0.934. The van der Waals surface area contributed by atoms with Crippen LogP contribution in [0.3, 0.4) is 0 Å². The summed E-state index contributed by atoms with van der Waals surface area (Å²) in [6.45, 7) is 0.109. The summed E-state index contributed by atoms with van der Waals surface area (Å²) in [7, 11) is -3.64. The van der Waals surface area contributed by atoms with Gasteiger partial charge in [0.15, 0.2) is 9.84 Å². The maximum absolute atomic E-state index is 13.0. The van der Waals surface area contributed by atoms with Crippen LogP contribution in [0.15, 0.2) is 89.8 Å². The van der Waals surface area contributed by atoms with Crippen LogP contribution in [-0.4, -0.2) is 37.5 Å². The van der Waals surface area contributed by atoms with E-state index in [2.05, 4.69) is 5.32 Å². The number of carbonyl (C=O) groups excluding carboxylic acids is 1. The quantitative estimate of drug-likeness (QED) is 0.599. The Morgan fingerprint density at radius 2 is 1.56 bits per heavy atom. The molecule has 0 aromatic heterocycles. The Labute approximate surface area is 187 Å². The van der Waals surface area contributed by atoms with Crippen molar-refractivity contribution in [1.82, 2.24) is 5.32 Å². The van der Waals surface area contributed by atoms with Gasteiger partial charge in [0.05, 0.1) is 22.8 Å². The van der Waals surface area contributed by atoms with E-state index in [0.29, 0.717) is 6.42 Å². The van der Waals surface area contributed by atoms with E-state index in [1.54, 1.807) is 30.3 Å². The van der Waals surface area contributed by atoms with Crippen LogP contribution in [0.25, 0.3) is 0 Å². The number of hydrogen-bond donors (Lipinski definition) is 2. The summed E-state index contributed by atoms with van der Waals surface area (Å²) >= 11 is 0. The van der Waals surface area contributed by atoms with E-state index in [0.717, 1.165) is 16.7 Å². The summed E-state index contributed by atoms with van der Waals surface area (Å²) < 4.78 is 31.3. The highest BCUT2D eigenvalue weighted by Crippen LogP contribution is 2.34. The minimum absolute atomic E-state index is 0.109. The first-order valence-corrected chi connectivity index (χ1v) is 12.1. The fourth-order valence-electron chi connectivity index (χ4n) is 4.11. The van der Waals surface area contributed by atoms with Crippen LogP contribution in [-0.2, 0) is 27.6 Å². The highest BCUT2D eigenvalue weighted by molar-refractivity contribution is 7.91. The molecule has 0 spiro atoms. The van der Waals surface area contributed by atoms with Gasteiger partial charge >= 0.3 is 6.09 Å². The number of benzene rings is 3. The van der Waals surface area contributed by atoms with E-state index < -0.39 is 34.0 Å². The highest BCUT2D eigenvalue weighted by Gasteiger charge is 2.39. The second kappa shape index (κ2) is 9.54. The van der Waals surface area contributed by atoms with Crippen molar-refractivity contribution in [1.29, 1.82) is 0 Å². The van der Waals surface area contributed by atoms with Crippen molar-refractivity contribution in [2.45, 2.75) is 36.0 Å². The molecule has 6 nitrogen and oxygen atoms in total. The van der Waals surface area contributed by atoms with Crippen LogP contribution in [0, 0.1) is 0 Å². The fraction of sp³-hybridized carbons (Fsp3) is 0.240. The Kier molecular flexibility index (Phi) is 6.58. The van der Waals surface area contributed by atoms with Gasteiger partial charge in [-0.2, -0.15) is 0 Å². The average molecular weight is 452 g/mol. The summed E-state index contributed by atoms with van der Waals surface area (Å²) in [5, 5.41) is 13.8. The van der Waals surface area contributed by atoms with E-state index in [1.165, 1.54) is 0 Å². The first kappa shape index (κ1) is 22.0. The van der Waals surface area contributed by atoms with Crippen LogP contribution in [0.4, 0.5) is 4.79 Å². The summed E-state index contributed by atoms with van der Waals surface area (Å²) in [6, 6.07) is 24.3. The first-order chi connectivity index (χ1) is 15.4. The number of alkyl carbamates (subject to hydrolysis) is 1. The van der Waals surface area contributed by atoms with Crippen LogP contribution in [0.2, 0.25) is 0 Å². The van der Waals surface area contributed by atoms with Crippen LogP contribution >= 0.6 is 0 Å². The summed E-state index contributed by atoms with van der Waals surface area (Å²) in [4.78, 5) is 12.6. The Hall–Kier alpha value is -3.16. The lowest BCUT2D eigenvalue weighted by Gasteiger charge is -2.36. The zero-order chi connectivity index (χ0) is 22.6. The highest BCUT2D eigenvalue weighted by atomic mass is 32.2. The maximum Gasteiger partial charge on any atom is 0.407 e. The Morgan fingerprint density at radius 1 is 0.938 bits per heavy atom. The van der Waals surface area contributed by atoms with Crippen molar-refractivity contribution < 1.29 is 23.1 Å². The molecule has 2 N–H and O–H groups in total. The van der Waals surface area contributed by atoms with Gasteiger partial charge in [-0.05, 0) is 35.2 Å². The molecule has 0 fully saturated rings. The molecule has 3 atom stereocenters. The third-order valence-electron chi connectivity index (χ3n) is 5.74. The van der Waals surface area contributed by atoms with E-state index in [4.69, 9.17) is 4.74 Å². The van der Waals surface area contributed by atoms with E-state index in [9.17, 15) is 18.3 Å². The molecule has 0 radical (unpaired) electrons. The number of sulfone groups is 1. The number of ether oxygens (including phenoxy) is 1. The second-order valence-corrected chi connectivity index (χ2v) is 9.94. The van der Waals surface area contributed by atoms with Gasteiger partial charge < -0.3 is 15.2 Å². The molecule has 3 aromatic rings. The van der Waals surface area contributed by atoms with Gasteiger partial charge in [-0.15, -0.1) is 0 Å². The molecule has 0 aliphatic heterocycles. The van der Waals surface area contributed by atoms with Gasteiger partial charge in [0.2, 0.25) is 0 Å². The average Bonchev–Trinajstić information content (AvgIpc) is 2.81. The molecule has 7 heteroatoms. The van der Waals surface area contributed by atoms with Crippen LogP contribution in [0.1, 0.15) is 22.6 Å². The Morgan fingerprint density at radius 3 is 2.28 bits per heavy atom. The molecule has 1 aliphatic carbocycles. The van der Waals surface area contributed by atoms with Crippen molar-refractivity contribution in [3.05, 3.63) is 102 Å². The zero-order valence-corrected chi connectivity index (χ0v) is 18.2. The number of nitrogens with one attached hydrogen (secondary N) is 1. The van der Waals surface area contributed by atoms with E-state index in [1.807, 2.05) is 54.6 Å². The largest absolute Gasteiger partial charge is 0.445 e. The number of hydrogen-bond acceptors (Lipinski definition) is 5. The molecule has 0 bridgehead atoms. The first-order valence-electron chi connectivity index (χ1n) is 10.4. The van der Waals surface area contributed by atoms with Crippen molar-refractivity contribution in [3.8, 4) is 0 Å². The topological polar surface area (TPSA) is 92.7 Å². The zero-order valence-electron chi connectivity index (χ0n) is 17.4. The minimum Gasteiger partial charge on any atom is -0.445 e. The van der Waals surface area contributed by atoms with Gasteiger partial charge in [-0.3, -0.25) is 0 Å². The fourth-order valence-corrected chi connectivity index (χ4v) is 5.72. The third kappa shape index (κ3) is 5.00. The molecule has 4 rings (SSSR count). The standard InChI is InChI=1S/C25H25NO5S/c27-24-22(17-32(29,30)20-12-5-2-6-13-20)21-14-8-7-11-19(21)15-23(24)26-25(28)31-16-18-9-3-1-4-10-18/h1-14,22-24,27H,15-17H2,(H,26,28)/t22-,23-,24-/m1/s1. The third-order valence-corrected chi connectivity index (χ3v) is 7.52. The predicted molar refractivity (Wildman–Crippen MR) is 121 cm³/mol. The molecule has 0 saturated carbocycles. The molecule has 0 heterocycles. The summed E-state index contributed by atoms with van der Waals surface area (Å²) in [6.07, 6.45) is -1.34. The summed E-state index contributed by atoms with van der Waals surface area (Å²) in [5.41, 5.74) is 2.54. The maximum atomic E-state index is 13.0. The number of carbonyl (C=O) groups is 1. The predicted octanol–water partition coefficient (Wildman–Crippen LogP) is 3.46. The molecule has 166 valence electrons. The Bertz CT molecular complexity index is 1170. The van der Waals surface area contributed by atoms with Gasteiger partial charge in [-0.1, -0.05) is 72.8 Å². The molecular weight excluding hydrogens is 426 g/mol. The van der Waals surface area contributed by atoms with E-state index in [-0.39, 0.29) is 17.3 Å². The molecule has 0 saturated heterocycles. The van der Waals surface area contributed by atoms with Crippen molar-refractivity contribution in [2.75, 3.05) is 5.75 Å². The molecule has 3 aromatic carbocycles. The molecular formula is C25H25NO5S. The molecule has 32 heavy (non-hydrogen) atoms. The van der Waals surface area contributed by atoms with Crippen molar-refractivity contribution in [2.24, 2.45) is 0 Å². The van der Waals surface area contributed by atoms with Gasteiger partial charge in [0.25, 0.3) is 0 Å². The molecule has 0 unspecified atom stereocenters. The number of amides is 1. The second-order valence-electron chi connectivity index (χ2n) is 7.91. The van der Waals surface area contributed by atoms with Crippen molar-refractivity contribution >= 4 is 15.9 Å². The molecule has 1 amide bonds. The molecule has 1 aliphatic rings. The van der Waals surface area contributed by atoms with Crippen molar-refractivity contribution in [3.63, 3.8) is 0 Å². The Balaban J connectivity index is 1.51. The number of aliphatic hydroxyl groups is 1.